The van der Waals surface area contributed by atoms with Crippen LogP contribution in [0.2, 0.25) is 0 Å². The number of ether oxygens (including phenoxy) is 2. The molecule has 1 aliphatic rings. The molecular formula is C20H25N3O3. The second-order valence-corrected chi connectivity index (χ2v) is 6.59. The Morgan fingerprint density at radius 3 is 2.88 bits per heavy atom. The van der Waals surface area contributed by atoms with Gasteiger partial charge in [0.1, 0.15) is 0 Å². The summed E-state index contributed by atoms with van der Waals surface area (Å²) >= 11 is 0. The molecule has 1 fully saturated rings. The molecule has 1 amide bonds. The van der Waals surface area contributed by atoms with Crippen molar-refractivity contribution >= 4 is 5.91 Å². The maximum atomic E-state index is 12.6. The van der Waals surface area contributed by atoms with Crippen molar-refractivity contribution in [2.75, 3.05) is 19.8 Å². The van der Waals surface area contributed by atoms with Crippen molar-refractivity contribution in [1.82, 2.24) is 15.1 Å². The summed E-state index contributed by atoms with van der Waals surface area (Å²) in [5, 5.41) is 7.23. The fraction of sp³-hybridized carbons (Fsp3) is 0.400. The Bertz CT molecular complexity index is 734. The zero-order chi connectivity index (χ0) is 18.4. The molecule has 2 atom stereocenters. The Morgan fingerprint density at radius 2 is 2.19 bits per heavy atom. The van der Waals surface area contributed by atoms with Crippen LogP contribution in [0.3, 0.4) is 0 Å². The van der Waals surface area contributed by atoms with Gasteiger partial charge >= 0.3 is 0 Å². The first-order valence-corrected chi connectivity index (χ1v) is 8.87. The maximum Gasteiger partial charge on any atom is 0.251 e. The highest BCUT2D eigenvalue weighted by Gasteiger charge is 2.28. The fourth-order valence-corrected chi connectivity index (χ4v) is 2.83. The van der Waals surface area contributed by atoms with Crippen LogP contribution in [0.25, 0.3) is 5.69 Å². The molecule has 1 saturated heterocycles. The van der Waals surface area contributed by atoms with Gasteiger partial charge in [-0.1, -0.05) is 11.6 Å². The van der Waals surface area contributed by atoms with E-state index in [1.54, 1.807) is 23.0 Å². The minimum absolute atomic E-state index is 0.0355. The number of benzene rings is 1. The SMILES string of the molecule is CC(C)=CCO[C@@H]1CCOC[C@@H]1NC(=O)c1ccc(-n2cccn2)cc1. The van der Waals surface area contributed by atoms with E-state index in [1.807, 2.05) is 44.3 Å². The summed E-state index contributed by atoms with van der Waals surface area (Å²) in [6, 6.07) is 9.07. The smallest absolute Gasteiger partial charge is 0.251 e. The Hall–Kier alpha value is -2.44. The topological polar surface area (TPSA) is 65.4 Å². The first kappa shape index (κ1) is 18.4. The summed E-state index contributed by atoms with van der Waals surface area (Å²) in [4.78, 5) is 12.6. The summed E-state index contributed by atoms with van der Waals surface area (Å²) in [5.41, 5.74) is 2.74. The number of rotatable bonds is 6. The number of nitrogens with zero attached hydrogens (tertiary/aromatic N) is 2. The lowest BCUT2D eigenvalue weighted by molar-refractivity contribution is -0.0457. The van der Waals surface area contributed by atoms with E-state index in [1.165, 1.54) is 5.57 Å². The van der Waals surface area contributed by atoms with E-state index in [4.69, 9.17) is 9.47 Å². The Kier molecular flexibility index (Phi) is 6.20. The summed E-state index contributed by atoms with van der Waals surface area (Å²) in [7, 11) is 0. The van der Waals surface area contributed by atoms with Crippen molar-refractivity contribution in [3.63, 3.8) is 0 Å². The largest absolute Gasteiger partial charge is 0.379 e. The van der Waals surface area contributed by atoms with Crippen molar-refractivity contribution in [2.24, 2.45) is 0 Å². The summed E-state index contributed by atoms with van der Waals surface area (Å²) < 4.78 is 13.2. The molecule has 0 bridgehead atoms. The van der Waals surface area contributed by atoms with Crippen molar-refractivity contribution in [3.05, 3.63) is 59.9 Å². The first-order chi connectivity index (χ1) is 12.6. The molecule has 0 aliphatic carbocycles. The average molecular weight is 355 g/mol. The second-order valence-electron chi connectivity index (χ2n) is 6.59. The van der Waals surface area contributed by atoms with Gasteiger partial charge in [-0.2, -0.15) is 5.10 Å². The van der Waals surface area contributed by atoms with Gasteiger partial charge in [0.25, 0.3) is 5.91 Å². The van der Waals surface area contributed by atoms with Crippen molar-refractivity contribution < 1.29 is 14.3 Å². The predicted octanol–water partition coefficient (Wildman–Crippen LogP) is 2.74. The maximum absolute atomic E-state index is 12.6. The molecule has 0 radical (unpaired) electrons. The number of hydrogen-bond acceptors (Lipinski definition) is 4. The molecule has 1 aliphatic heterocycles. The number of amides is 1. The third kappa shape index (κ3) is 4.80. The fourth-order valence-electron chi connectivity index (χ4n) is 2.83. The average Bonchev–Trinajstić information content (AvgIpc) is 3.18. The zero-order valence-corrected chi connectivity index (χ0v) is 15.2. The minimum atomic E-state index is -0.146. The number of aromatic nitrogens is 2. The van der Waals surface area contributed by atoms with Gasteiger partial charge < -0.3 is 14.8 Å². The van der Waals surface area contributed by atoms with Gasteiger partial charge in [-0.05, 0) is 50.6 Å². The summed E-state index contributed by atoms with van der Waals surface area (Å²) in [6.07, 6.45) is 6.37. The van der Waals surface area contributed by atoms with E-state index >= 15 is 0 Å². The van der Waals surface area contributed by atoms with Crippen LogP contribution in [-0.2, 0) is 9.47 Å². The van der Waals surface area contributed by atoms with Crippen molar-refractivity contribution in [1.29, 1.82) is 0 Å². The van der Waals surface area contributed by atoms with E-state index in [9.17, 15) is 4.79 Å². The van der Waals surface area contributed by atoms with E-state index in [0.717, 1.165) is 12.1 Å². The normalized spacial score (nSPS) is 19.8. The highest BCUT2D eigenvalue weighted by molar-refractivity contribution is 5.94. The van der Waals surface area contributed by atoms with Gasteiger partial charge in [-0.15, -0.1) is 0 Å². The molecule has 2 aromatic rings. The number of allylic oxidation sites excluding steroid dienone is 1. The molecule has 1 aromatic heterocycles. The summed E-state index contributed by atoms with van der Waals surface area (Å²) in [6.45, 7) is 5.76. The molecule has 2 heterocycles. The monoisotopic (exact) mass is 355 g/mol. The van der Waals surface area contributed by atoms with E-state index < -0.39 is 0 Å². The molecule has 1 aromatic carbocycles. The molecule has 6 heteroatoms. The number of carbonyl (C=O) groups excluding carboxylic acids is 1. The van der Waals surface area contributed by atoms with Gasteiger partial charge in [0, 0.05) is 24.6 Å². The first-order valence-electron chi connectivity index (χ1n) is 8.87. The highest BCUT2D eigenvalue weighted by atomic mass is 16.5. The number of hydrogen-bond donors (Lipinski definition) is 1. The van der Waals surface area contributed by atoms with Gasteiger partial charge in [0.05, 0.1) is 31.0 Å². The van der Waals surface area contributed by atoms with Crippen LogP contribution in [0.1, 0.15) is 30.6 Å². The molecule has 6 nitrogen and oxygen atoms in total. The third-order valence-electron chi connectivity index (χ3n) is 4.31. The highest BCUT2D eigenvalue weighted by Crippen LogP contribution is 2.14. The summed E-state index contributed by atoms with van der Waals surface area (Å²) in [5.74, 6) is -0.122. The molecular weight excluding hydrogens is 330 g/mol. The Morgan fingerprint density at radius 1 is 1.38 bits per heavy atom. The van der Waals surface area contributed by atoms with Crippen LogP contribution in [0.15, 0.2) is 54.4 Å². The van der Waals surface area contributed by atoms with Crippen LogP contribution in [0, 0.1) is 0 Å². The molecule has 0 spiro atoms. The van der Waals surface area contributed by atoms with Crippen LogP contribution < -0.4 is 5.32 Å². The second kappa shape index (κ2) is 8.78. The lowest BCUT2D eigenvalue weighted by Gasteiger charge is -2.31. The van der Waals surface area contributed by atoms with E-state index in [0.29, 0.717) is 25.4 Å². The lowest BCUT2D eigenvalue weighted by Crippen LogP contribution is -2.50. The van der Waals surface area contributed by atoms with Crippen LogP contribution in [-0.4, -0.2) is 47.7 Å². The van der Waals surface area contributed by atoms with E-state index in [2.05, 4.69) is 10.4 Å². The molecule has 0 unspecified atom stereocenters. The van der Waals surface area contributed by atoms with Crippen LogP contribution in [0.5, 0.6) is 0 Å². The predicted molar refractivity (Wildman–Crippen MR) is 99.4 cm³/mol. The molecule has 138 valence electrons. The van der Waals surface area contributed by atoms with Gasteiger partial charge in [-0.3, -0.25) is 4.79 Å². The Labute approximate surface area is 153 Å². The van der Waals surface area contributed by atoms with Gasteiger partial charge in [0.15, 0.2) is 0 Å². The van der Waals surface area contributed by atoms with Crippen LogP contribution >= 0.6 is 0 Å². The van der Waals surface area contributed by atoms with Gasteiger partial charge in [-0.25, -0.2) is 4.68 Å². The van der Waals surface area contributed by atoms with Crippen LogP contribution in [0.4, 0.5) is 0 Å². The molecule has 1 N–H and O–H groups in total. The zero-order valence-electron chi connectivity index (χ0n) is 15.2. The lowest BCUT2D eigenvalue weighted by atomic mass is 10.1. The third-order valence-corrected chi connectivity index (χ3v) is 4.31. The molecule has 26 heavy (non-hydrogen) atoms. The minimum Gasteiger partial charge on any atom is -0.379 e. The molecule has 0 saturated carbocycles. The number of carbonyl (C=O) groups is 1. The number of nitrogens with one attached hydrogen (secondary N) is 1. The quantitative estimate of drug-likeness (QED) is 0.809. The molecule has 3 rings (SSSR count). The van der Waals surface area contributed by atoms with Gasteiger partial charge in [0.2, 0.25) is 0 Å². The standard InChI is InChI=1S/C20H25N3O3/c1-15(2)8-13-26-19-9-12-25-14-18(19)22-20(24)16-4-6-17(7-5-16)23-11-3-10-21-23/h3-8,10-11,18-19H,9,12-14H2,1-2H3,(H,22,24)/t18-,19+/m0/s1. The van der Waals surface area contributed by atoms with E-state index in [-0.39, 0.29) is 18.1 Å². The van der Waals surface area contributed by atoms with Crippen molar-refractivity contribution in [2.45, 2.75) is 32.4 Å². The van der Waals surface area contributed by atoms with Crippen molar-refractivity contribution in [3.8, 4) is 5.69 Å². The Balaban J connectivity index is 1.61.